The molecule has 4 rings (SSSR count). The Kier molecular flexibility index (Phi) is 4.60. The first kappa shape index (κ1) is 17.2. The van der Waals surface area contributed by atoms with Crippen molar-refractivity contribution in [3.63, 3.8) is 0 Å². The first-order chi connectivity index (χ1) is 13.1. The van der Waals surface area contributed by atoms with Crippen LogP contribution in [0.15, 0.2) is 59.2 Å². The summed E-state index contributed by atoms with van der Waals surface area (Å²) < 4.78 is 5.45. The minimum atomic E-state index is -0.244. The summed E-state index contributed by atoms with van der Waals surface area (Å²) in [4.78, 5) is 18.1. The Balaban J connectivity index is 1.70. The maximum absolute atomic E-state index is 12.9. The number of hydrogen-bond donors (Lipinski definition) is 2. The summed E-state index contributed by atoms with van der Waals surface area (Å²) in [5.41, 5.74) is 2.47. The van der Waals surface area contributed by atoms with Gasteiger partial charge in [0.15, 0.2) is 16.6 Å². The van der Waals surface area contributed by atoms with E-state index in [-0.39, 0.29) is 5.91 Å². The van der Waals surface area contributed by atoms with Gasteiger partial charge in [0, 0.05) is 17.3 Å². The third-order valence-electron chi connectivity index (χ3n) is 4.07. The van der Waals surface area contributed by atoms with Crippen molar-refractivity contribution >= 4 is 23.1 Å². The molecule has 3 heterocycles. The number of hydrogen-bond acceptors (Lipinski definition) is 5. The third kappa shape index (κ3) is 3.54. The van der Waals surface area contributed by atoms with Crippen molar-refractivity contribution in [3.8, 4) is 22.0 Å². The number of amides is 1. The molecule has 0 saturated carbocycles. The van der Waals surface area contributed by atoms with Crippen LogP contribution in [-0.4, -0.2) is 21.1 Å². The van der Waals surface area contributed by atoms with Crippen LogP contribution in [0.4, 0.5) is 5.82 Å². The van der Waals surface area contributed by atoms with Gasteiger partial charge in [-0.05, 0) is 18.1 Å². The Bertz CT molecular complexity index is 1050. The fourth-order valence-electron chi connectivity index (χ4n) is 2.64. The highest BCUT2D eigenvalue weighted by Gasteiger charge is 2.22. The van der Waals surface area contributed by atoms with E-state index in [1.165, 1.54) is 11.3 Å². The lowest BCUT2D eigenvalue weighted by atomic mass is 10.1. The van der Waals surface area contributed by atoms with Crippen molar-refractivity contribution in [1.82, 2.24) is 15.2 Å². The number of thiazole rings is 1. The molecule has 1 aromatic carbocycles. The second kappa shape index (κ2) is 7.20. The van der Waals surface area contributed by atoms with Crippen molar-refractivity contribution < 1.29 is 9.21 Å². The number of aromatic nitrogens is 3. The van der Waals surface area contributed by atoms with E-state index >= 15 is 0 Å². The fraction of sp³-hybridized carbons (Fsp3) is 0.150. The molecule has 7 heteroatoms. The zero-order valence-corrected chi connectivity index (χ0v) is 15.7. The second-order valence-electron chi connectivity index (χ2n) is 6.36. The summed E-state index contributed by atoms with van der Waals surface area (Å²) in [6, 6.07) is 15.1. The second-order valence-corrected chi connectivity index (χ2v) is 7.36. The number of benzene rings is 1. The normalized spacial score (nSPS) is 11.1. The van der Waals surface area contributed by atoms with E-state index in [4.69, 9.17) is 4.42 Å². The van der Waals surface area contributed by atoms with E-state index in [1.807, 2.05) is 42.5 Å². The highest BCUT2D eigenvalue weighted by atomic mass is 32.1. The molecule has 27 heavy (non-hydrogen) atoms. The lowest BCUT2D eigenvalue weighted by molar-refractivity contribution is 0.103. The molecule has 0 atom stereocenters. The summed E-state index contributed by atoms with van der Waals surface area (Å²) in [6.45, 7) is 4.12. The smallest absolute Gasteiger partial charge is 0.269 e. The van der Waals surface area contributed by atoms with E-state index < -0.39 is 0 Å². The van der Waals surface area contributed by atoms with Gasteiger partial charge in [-0.25, -0.2) is 4.98 Å². The molecule has 0 radical (unpaired) electrons. The number of furan rings is 1. The molecule has 0 aliphatic heterocycles. The van der Waals surface area contributed by atoms with Gasteiger partial charge in [-0.3, -0.25) is 9.89 Å². The first-order valence-electron chi connectivity index (χ1n) is 8.58. The van der Waals surface area contributed by atoms with Gasteiger partial charge in [0.1, 0.15) is 4.88 Å². The molecule has 136 valence electrons. The van der Waals surface area contributed by atoms with E-state index in [9.17, 15) is 4.79 Å². The SMILES string of the molecule is CC(C)c1cc(NC(=O)c2sc(-c3ccco3)nc2-c2ccccc2)n[nH]1. The van der Waals surface area contributed by atoms with Crippen LogP contribution in [0.5, 0.6) is 0 Å². The topological polar surface area (TPSA) is 83.8 Å². The van der Waals surface area contributed by atoms with Gasteiger partial charge in [0.25, 0.3) is 5.91 Å². The maximum atomic E-state index is 12.9. The molecule has 1 amide bonds. The predicted octanol–water partition coefficient (Wildman–Crippen LogP) is 5.17. The van der Waals surface area contributed by atoms with Crippen molar-refractivity contribution in [2.24, 2.45) is 0 Å². The first-order valence-corrected chi connectivity index (χ1v) is 9.40. The maximum Gasteiger partial charge on any atom is 0.269 e. The molecule has 0 aliphatic rings. The number of anilines is 1. The molecule has 6 nitrogen and oxygen atoms in total. The lowest BCUT2D eigenvalue weighted by Gasteiger charge is -2.02. The zero-order chi connectivity index (χ0) is 18.8. The van der Waals surface area contributed by atoms with Crippen LogP contribution in [0.25, 0.3) is 22.0 Å². The van der Waals surface area contributed by atoms with Gasteiger partial charge >= 0.3 is 0 Å². The number of carbonyl (C=O) groups excluding carboxylic acids is 1. The monoisotopic (exact) mass is 378 g/mol. The highest BCUT2D eigenvalue weighted by molar-refractivity contribution is 7.17. The number of H-pyrrole nitrogens is 1. The average molecular weight is 378 g/mol. The summed E-state index contributed by atoms with van der Waals surface area (Å²) in [6.07, 6.45) is 1.59. The lowest BCUT2D eigenvalue weighted by Crippen LogP contribution is -2.11. The van der Waals surface area contributed by atoms with E-state index in [2.05, 4.69) is 34.3 Å². The minimum absolute atomic E-state index is 0.244. The van der Waals surface area contributed by atoms with Gasteiger partial charge in [-0.1, -0.05) is 44.2 Å². The van der Waals surface area contributed by atoms with Gasteiger partial charge < -0.3 is 9.73 Å². The molecular formula is C20H18N4O2S. The molecule has 0 unspecified atom stereocenters. The Morgan fingerprint density at radius 2 is 2.00 bits per heavy atom. The minimum Gasteiger partial charge on any atom is -0.462 e. The number of nitrogens with zero attached hydrogens (tertiary/aromatic N) is 2. The molecular weight excluding hydrogens is 360 g/mol. The average Bonchev–Trinajstić information content (AvgIpc) is 3.42. The van der Waals surface area contributed by atoms with E-state index in [0.29, 0.717) is 33.1 Å². The van der Waals surface area contributed by atoms with Crippen LogP contribution in [0, 0.1) is 0 Å². The number of carbonyl (C=O) groups is 1. The van der Waals surface area contributed by atoms with Crippen molar-refractivity contribution in [1.29, 1.82) is 0 Å². The quantitative estimate of drug-likeness (QED) is 0.502. The molecule has 0 aliphatic carbocycles. The van der Waals surface area contributed by atoms with E-state index in [1.54, 1.807) is 12.3 Å². The molecule has 0 fully saturated rings. The van der Waals surface area contributed by atoms with Crippen LogP contribution in [0.3, 0.4) is 0 Å². The Hall–Kier alpha value is -3.19. The molecule has 4 aromatic rings. The van der Waals surface area contributed by atoms with Crippen molar-refractivity contribution in [3.05, 3.63) is 65.4 Å². The fourth-order valence-corrected chi connectivity index (χ4v) is 3.59. The van der Waals surface area contributed by atoms with Crippen molar-refractivity contribution in [2.45, 2.75) is 19.8 Å². The van der Waals surface area contributed by atoms with Crippen LogP contribution >= 0.6 is 11.3 Å². The van der Waals surface area contributed by atoms with Gasteiger partial charge in [0.2, 0.25) is 0 Å². The summed E-state index contributed by atoms with van der Waals surface area (Å²) in [7, 11) is 0. The Labute approximate surface area is 160 Å². The Morgan fingerprint density at radius 1 is 1.19 bits per heavy atom. The van der Waals surface area contributed by atoms with Crippen LogP contribution in [0.1, 0.15) is 35.1 Å². The number of nitrogens with one attached hydrogen (secondary N) is 2. The van der Waals surface area contributed by atoms with Crippen molar-refractivity contribution in [2.75, 3.05) is 5.32 Å². The summed E-state index contributed by atoms with van der Waals surface area (Å²) >= 11 is 1.30. The van der Waals surface area contributed by atoms with Crippen LogP contribution in [0.2, 0.25) is 0 Å². The van der Waals surface area contributed by atoms with Crippen LogP contribution < -0.4 is 5.32 Å². The van der Waals surface area contributed by atoms with E-state index in [0.717, 1.165) is 11.3 Å². The molecule has 0 spiro atoms. The summed E-state index contributed by atoms with van der Waals surface area (Å²) in [5.74, 6) is 1.19. The number of rotatable bonds is 5. The predicted molar refractivity (Wildman–Crippen MR) is 106 cm³/mol. The highest BCUT2D eigenvalue weighted by Crippen LogP contribution is 2.34. The zero-order valence-electron chi connectivity index (χ0n) is 14.9. The molecule has 2 N–H and O–H groups in total. The van der Waals surface area contributed by atoms with Gasteiger partial charge in [0.05, 0.1) is 12.0 Å². The Morgan fingerprint density at radius 3 is 2.67 bits per heavy atom. The van der Waals surface area contributed by atoms with Crippen LogP contribution in [-0.2, 0) is 0 Å². The van der Waals surface area contributed by atoms with Gasteiger partial charge in [-0.15, -0.1) is 11.3 Å². The standard InChI is InChI=1S/C20H18N4O2S/c1-12(2)14-11-16(24-23-14)21-19(25)18-17(13-7-4-3-5-8-13)22-20(27-18)15-9-6-10-26-15/h3-12H,1-2H3,(H2,21,23,24,25). The van der Waals surface area contributed by atoms with Gasteiger partial charge in [-0.2, -0.15) is 5.10 Å². The molecule has 0 saturated heterocycles. The molecule has 3 aromatic heterocycles. The molecule has 0 bridgehead atoms. The third-order valence-corrected chi connectivity index (χ3v) is 5.14. The largest absolute Gasteiger partial charge is 0.462 e. The number of aromatic amines is 1. The summed E-state index contributed by atoms with van der Waals surface area (Å²) in [5, 5.41) is 10.6.